The Morgan fingerprint density at radius 1 is 1.19 bits per heavy atom. The molecule has 7 nitrogen and oxygen atoms in total. The molecule has 2 aromatic heterocycles. The number of aromatic nitrogens is 3. The first kappa shape index (κ1) is 21.2. The Bertz CT molecular complexity index is 1270. The molecule has 4 aromatic rings. The van der Waals surface area contributed by atoms with Gasteiger partial charge >= 0.3 is 0 Å². The van der Waals surface area contributed by atoms with Gasteiger partial charge in [0.1, 0.15) is 18.2 Å². The van der Waals surface area contributed by atoms with Crippen LogP contribution in [0.25, 0.3) is 0 Å². The van der Waals surface area contributed by atoms with Gasteiger partial charge in [0.15, 0.2) is 17.3 Å². The van der Waals surface area contributed by atoms with Crippen LogP contribution in [0.15, 0.2) is 59.4 Å². The van der Waals surface area contributed by atoms with Crippen molar-refractivity contribution in [1.29, 1.82) is 0 Å². The number of nitrogens with one attached hydrogen (secondary N) is 1. The number of halogens is 2. The third-order valence-electron chi connectivity index (χ3n) is 4.95. The molecule has 164 valence electrons. The van der Waals surface area contributed by atoms with Gasteiger partial charge in [-0.1, -0.05) is 29.4 Å². The summed E-state index contributed by atoms with van der Waals surface area (Å²) in [6, 6.07) is 11.0. The lowest BCUT2D eigenvalue weighted by atomic mass is 10.1. The van der Waals surface area contributed by atoms with E-state index in [-0.39, 0.29) is 18.1 Å². The van der Waals surface area contributed by atoms with Crippen LogP contribution in [0, 0.1) is 25.5 Å². The van der Waals surface area contributed by atoms with Crippen LogP contribution >= 0.6 is 0 Å². The van der Waals surface area contributed by atoms with Gasteiger partial charge < -0.3 is 14.6 Å². The number of anilines is 1. The summed E-state index contributed by atoms with van der Waals surface area (Å²) in [5, 5.41) is 10.8. The van der Waals surface area contributed by atoms with E-state index in [1.54, 1.807) is 17.8 Å². The number of ether oxygens (including phenoxy) is 1. The molecule has 0 spiro atoms. The fourth-order valence-corrected chi connectivity index (χ4v) is 3.15. The van der Waals surface area contributed by atoms with Gasteiger partial charge in [0.25, 0.3) is 5.91 Å². The summed E-state index contributed by atoms with van der Waals surface area (Å²) in [6.07, 6.45) is 3.24. The minimum absolute atomic E-state index is 0.0108. The van der Waals surface area contributed by atoms with Gasteiger partial charge in [0, 0.05) is 12.3 Å². The molecular formula is C23H20F2N4O3. The van der Waals surface area contributed by atoms with Crippen molar-refractivity contribution in [3.05, 3.63) is 94.6 Å². The summed E-state index contributed by atoms with van der Waals surface area (Å²) in [5.41, 5.74) is 3.12. The molecule has 0 bridgehead atoms. The Hall–Kier alpha value is -4.01. The van der Waals surface area contributed by atoms with Crippen LogP contribution < -0.4 is 10.1 Å². The zero-order valence-corrected chi connectivity index (χ0v) is 17.4. The predicted molar refractivity (Wildman–Crippen MR) is 112 cm³/mol. The first-order valence-electron chi connectivity index (χ1n) is 9.82. The fraction of sp³-hybridized carbons (Fsp3) is 0.174. The highest BCUT2D eigenvalue weighted by Crippen LogP contribution is 2.22. The summed E-state index contributed by atoms with van der Waals surface area (Å²) < 4.78 is 39.1. The molecule has 9 heteroatoms. The molecule has 2 heterocycles. The highest BCUT2D eigenvalue weighted by molar-refractivity contribution is 6.03. The van der Waals surface area contributed by atoms with Crippen molar-refractivity contribution >= 4 is 11.6 Å². The van der Waals surface area contributed by atoms with Crippen LogP contribution in [0.1, 0.15) is 32.9 Å². The molecule has 0 unspecified atom stereocenters. The van der Waals surface area contributed by atoms with E-state index >= 15 is 0 Å². The monoisotopic (exact) mass is 438 g/mol. The van der Waals surface area contributed by atoms with E-state index < -0.39 is 17.5 Å². The zero-order valence-electron chi connectivity index (χ0n) is 17.4. The molecule has 0 radical (unpaired) electrons. The Morgan fingerprint density at radius 2 is 2.00 bits per heavy atom. The van der Waals surface area contributed by atoms with E-state index in [2.05, 4.69) is 15.6 Å². The van der Waals surface area contributed by atoms with Gasteiger partial charge in [-0.05, 0) is 37.1 Å². The number of benzene rings is 2. The number of carbonyl (C=O) groups is 1. The summed E-state index contributed by atoms with van der Waals surface area (Å²) in [4.78, 5) is 12.7. The van der Waals surface area contributed by atoms with Crippen molar-refractivity contribution in [2.75, 3.05) is 5.32 Å². The second kappa shape index (κ2) is 9.01. The number of amides is 1. The van der Waals surface area contributed by atoms with Crippen LogP contribution in [0.5, 0.6) is 5.75 Å². The maximum absolute atomic E-state index is 13.8. The number of carbonyl (C=O) groups excluding carboxylic acids is 1. The van der Waals surface area contributed by atoms with Crippen molar-refractivity contribution < 1.29 is 22.8 Å². The predicted octanol–water partition coefficient (Wildman–Crippen LogP) is 4.65. The highest BCUT2D eigenvalue weighted by atomic mass is 19.1. The second-order valence-corrected chi connectivity index (χ2v) is 7.24. The average molecular weight is 438 g/mol. The van der Waals surface area contributed by atoms with Crippen molar-refractivity contribution in [3.8, 4) is 5.75 Å². The largest absolute Gasteiger partial charge is 0.486 e. The molecule has 0 saturated heterocycles. The van der Waals surface area contributed by atoms with E-state index in [0.717, 1.165) is 23.3 Å². The number of rotatable bonds is 7. The Morgan fingerprint density at radius 3 is 2.78 bits per heavy atom. The zero-order chi connectivity index (χ0) is 22.7. The average Bonchev–Trinajstić information content (AvgIpc) is 3.35. The van der Waals surface area contributed by atoms with Crippen molar-refractivity contribution in [1.82, 2.24) is 14.9 Å². The molecule has 2 aromatic carbocycles. The van der Waals surface area contributed by atoms with Gasteiger partial charge in [-0.2, -0.15) is 5.10 Å². The summed E-state index contributed by atoms with van der Waals surface area (Å²) in [7, 11) is 0. The fourth-order valence-electron chi connectivity index (χ4n) is 3.15. The first-order valence-corrected chi connectivity index (χ1v) is 9.82. The second-order valence-electron chi connectivity index (χ2n) is 7.24. The van der Waals surface area contributed by atoms with E-state index in [0.29, 0.717) is 23.6 Å². The minimum Gasteiger partial charge on any atom is -0.486 e. The molecule has 4 rings (SSSR count). The maximum atomic E-state index is 13.8. The maximum Gasteiger partial charge on any atom is 0.278 e. The number of nitrogens with zero attached hydrogens (tertiary/aromatic N) is 3. The molecular weight excluding hydrogens is 418 g/mol. The van der Waals surface area contributed by atoms with Gasteiger partial charge in [-0.15, -0.1) is 0 Å². The van der Waals surface area contributed by atoms with E-state index in [1.807, 2.05) is 31.2 Å². The first-order chi connectivity index (χ1) is 15.4. The van der Waals surface area contributed by atoms with Crippen LogP contribution in [0.4, 0.5) is 14.5 Å². The summed E-state index contributed by atoms with van der Waals surface area (Å²) in [6.45, 7) is 4.03. The van der Waals surface area contributed by atoms with Gasteiger partial charge in [-0.25, -0.2) is 8.78 Å². The van der Waals surface area contributed by atoms with Gasteiger partial charge in [0.05, 0.1) is 24.0 Å². The number of hydrogen-bond donors (Lipinski definition) is 1. The van der Waals surface area contributed by atoms with Crippen LogP contribution in [-0.2, 0) is 13.2 Å². The van der Waals surface area contributed by atoms with Crippen molar-refractivity contribution in [2.24, 2.45) is 0 Å². The van der Waals surface area contributed by atoms with Crippen molar-refractivity contribution in [3.63, 3.8) is 0 Å². The molecule has 0 saturated carbocycles. The molecule has 32 heavy (non-hydrogen) atoms. The highest BCUT2D eigenvalue weighted by Gasteiger charge is 2.21. The number of aryl methyl sites for hydroxylation is 2. The SMILES string of the molecule is Cc1ccccc1Cn1cc(NC(=O)c2noc(C)c2COc2ccc(F)cc2F)cn1. The summed E-state index contributed by atoms with van der Waals surface area (Å²) >= 11 is 0. The van der Waals surface area contributed by atoms with E-state index in [9.17, 15) is 13.6 Å². The molecule has 0 aliphatic carbocycles. The van der Waals surface area contributed by atoms with Gasteiger partial charge in [-0.3, -0.25) is 9.48 Å². The normalized spacial score (nSPS) is 10.9. The lowest BCUT2D eigenvalue weighted by Gasteiger charge is -2.08. The molecule has 1 N–H and O–H groups in total. The third-order valence-corrected chi connectivity index (χ3v) is 4.95. The molecule has 0 atom stereocenters. The quantitative estimate of drug-likeness (QED) is 0.454. The lowest BCUT2D eigenvalue weighted by Crippen LogP contribution is -2.15. The van der Waals surface area contributed by atoms with Crippen LogP contribution in [0.3, 0.4) is 0 Å². The van der Waals surface area contributed by atoms with E-state index in [1.165, 1.54) is 12.3 Å². The lowest BCUT2D eigenvalue weighted by molar-refractivity contribution is 0.101. The smallest absolute Gasteiger partial charge is 0.278 e. The standard InChI is InChI=1S/C23H20F2N4O3/c1-14-5-3-4-6-16(14)11-29-12-18(10-26-29)27-23(30)22-19(15(2)32-28-22)13-31-21-8-7-17(24)9-20(21)25/h3-10,12H,11,13H2,1-2H3,(H,27,30). The molecule has 1 amide bonds. The van der Waals surface area contributed by atoms with Crippen LogP contribution in [-0.4, -0.2) is 20.8 Å². The Kier molecular flexibility index (Phi) is 5.98. The van der Waals surface area contributed by atoms with Crippen LogP contribution in [0.2, 0.25) is 0 Å². The Labute approximate surface area is 182 Å². The van der Waals surface area contributed by atoms with E-state index in [4.69, 9.17) is 9.26 Å². The summed E-state index contributed by atoms with van der Waals surface area (Å²) in [5.74, 6) is -1.86. The molecule has 0 fully saturated rings. The third kappa shape index (κ3) is 4.66. The minimum atomic E-state index is -0.842. The topological polar surface area (TPSA) is 82.2 Å². The molecule has 0 aliphatic heterocycles. The van der Waals surface area contributed by atoms with Gasteiger partial charge in [0.2, 0.25) is 0 Å². The Balaban J connectivity index is 1.44. The van der Waals surface area contributed by atoms with Crippen molar-refractivity contribution in [2.45, 2.75) is 27.0 Å². The number of hydrogen-bond acceptors (Lipinski definition) is 5. The molecule has 0 aliphatic rings.